The molecule has 2 aromatic heterocycles. The molecule has 0 radical (unpaired) electrons. The molecule has 2 aromatic carbocycles. The minimum atomic E-state index is -3.53. The maximum absolute atomic E-state index is 12.5. The quantitative estimate of drug-likeness (QED) is 0.359. The zero-order valence-corrected chi connectivity index (χ0v) is 19.8. The number of sulfonamides is 1. The van der Waals surface area contributed by atoms with Crippen LogP contribution in [0.4, 0.5) is 0 Å². The third kappa shape index (κ3) is 4.08. The topological polar surface area (TPSA) is 108 Å². The average Bonchev–Trinajstić information content (AvgIpc) is 3.40. The summed E-state index contributed by atoms with van der Waals surface area (Å²) in [5.41, 5.74) is 2.34. The van der Waals surface area contributed by atoms with Crippen molar-refractivity contribution in [2.75, 3.05) is 21.2 Å². The SMILES string of the molecule is CCn1c(CSc2nnnn2-c2ccc(OC)cc2)nc2cc(S(=O)(=O)N(C)C)ccc21. The number of nitrogens with zero attached hydrogens (tertiary/aromatic N) is 7. The molecule has 0 amide bonds. The molecule has 4 aromatic rings. The van der Waals surface area contributed by atoms with Crippen molar-refractivity contribution in [1.82, 2.24) is 34.1 Å². The van der Waals surface area contributed by atoms with Gasteiger partial charge in [-0.2, -0.15) is 4.68 Å². The van der Waals surface area contributed by atoms with E-state index >= 15 is 0 Å². The summed E-state index contributed by atoms with van der Waals surface area (Å²) in [5, 5.41) is 12.7. The van der Waals surface area contributed by atoms with Crippen molar-refractivity contribution in [3.8, 4) is 11.4 Å². The maximum atomic E-state index is 12.5. The van der Waals surface area contributed by atoms with E-state index in [0.29, 0.717) is 23.0 Å². The zero-order chi connectivity index (χ0) is 22.9. The summed E-state index contributed by atoms with van der Waals surface area (Å²) < 4.78 is 35.1. The molecular formula is C20H23N7O3S2. The molecule has 0 fully saturated rings. The number of aryl methyl sites for hydroxylation is 1. The summed E-state index contributed by atoms with van der Waals surface area (Å²) in [5.74, 6) is 2.09. The molecule has 0 bridgehead atoms. The van der Waals surface area contributed by atoms with Gasteiger partial charge in [0.05, 0.1) is 34.5 Å². The number of thioether (sulfide) groups is 1. The Hall–Kier alpha value is -2.96. The molecule has 2 heterocycles. The number of methoxy groups -OCH3 is 1. The van der Waals surface area contributed by atoms with E-state index in [2.05, 4.69) is 20.1 Å². The number of hydrogen-bond acceptors (Lipinski definition) is 8. The van der Waals surface area contributed by atoms with Crippen LogP contribution < -0.4 is 4.74 Å². The van der Waals surface area contributed by atoms with Crippen molar-refractivity contribution >= 4 is 32.8 Å². The number of benzene rings is 2. The largest absolute Gasteiger partial charge is 0.497 e. The van der Waals surface area contributed by atoms with Crippen molar-refractivity contribution in [3.05, 3.63) is 48.3 Å². The van der Waals surface area contributed by atoms with E-state index < -0.39 is 10.0 Å². The Labute approximate surface area is 190 Å². The van der Waals surface area contributed by atoms with Crippen molar-refractivity contribution in [3.63, 3.8) is 0 Å². The normalized spacial score (nSPS) is 12.0. The van der Waals surface area contributed by atoms with E-state index in [1.54, 1.807) is 30.0 Å². The lowest BCUT2D eigenvalue weighted by molar-refractivity contribution is 0.414. The lowest BCUT2D eigenvalue weighted by Crippen LogP contribution is -2.22. The number of aromatic nitrogens is 6. The second-order valence-electron chi connectivity index (χ2n) is 7.07. The summed E-state index contributed by atoms with van der Waals surface area (Å²) in [6.45, 7) is 2.73. The van der Waals surface area contributed by atoms with Gasteiger partial charge in [-0.05, 0) is 59.8 Å². The molecule has 0 spiro atoms. The Balaban J connectivity index is 1.62. The van der Waals surface area contributed by atoms with Gasteiger partial charge in [-0.1, -0.05) is 11.8 Å². The molecule has 0 atom stereocenters. The Morgan fingerprint density at radius 2 is 1.88 bits per heavy atom. The first-order chi connectivity index (χ1) is 15.3. The van der Waals surface area contributed by atoms with Crippen LogP contribution >= 0.6 is 11.8 Å². The van der Waals surface area contributed by atoms with E-state index in [-0.39, 0.29) is 4.90 Å². The lowest BCUT2D eigenvalue weighted by Gasteiger charge is -2.11. The van der Waals surface area contributed by atoms with Gasteiger partial charge in [-0.15, -0.1) is 5.10 Å². The first kappa shape index (κ1) is 22.2. The van der Waals surface area contributed by atoms with Crippen LogP contribution in [0, 0.1) is 0 Å². The third-order valence-electron chi connectivity index (χ3n) is 4.98. The first-order valence-electron chi connectivity index (χ1n) is 9.82. The highest BCUT2D eigenvalue weighted by Gasteiger charge is 2.20. The minimum absolute atomic E-state index is 0.221. The van der Waals surface area contributed by atoms with Gasteiger partial charge in [0, 0.05) is 20.6 Å². The van der Waals surface area contributed by atoms with Gasteiger partial charge in [0.15, 0.2) is 0 Å². The van der Waals surface area contributed by atoms with Gasteiger partial charge < -0.3 is 9.30 Å². The second-order valence-corrected chi connectivity index (χ2v) is 10.2. The maximum Gasteiger partial charge on any atom is 0.242 e. The molecule has 0 N–H and O–H groups in total. The highest BCUT2D eigenvalue weighted by atomic mass is 32.2. The number of fused-ring (bicyclic) bond motifs is 1. The van der Waals surface area contributed by atoms with Crippen LogP contribution in [0.15, 0.2) is 52.5 Å². The Morgan fingerprint density at radius 1 is 1.12 bits per heavy atom. The minimum Gasteiger partial charge on any atom is -0.497 e. The highest BCUT2D eigenvalue weighted by Crippen LogP contribution is 2.27. The molecule has 168 valence electrons. The lowest BCUT2D eigenvalue weighted by atomic mass is 10.3. The fraction of sp³-hybridized carbons (Fsp3) is 0.300. The van der Waals surface area contributed by atoms with E-state index in [4.69, 9.17) is 9.72 Å². The van der Waals surface area contributed by atoms with Crippen LogP contribution in [0.25, 0.3) is 16.7 Å². The molecule has 0 saturated carbocycles. The van der Waals surface area contributed by atoms with Crippen LogP contribution in [0.1, 0.15) is 12.7 Å². The van der Waals surface area contributed by atoms with Gasteiger partial charge in [0.1, 0.15) is 11.6 Å². The smallest absolute Gasteiger partial charge is 0.242 e. The summed E-state index contributed by atoms with van der Waals surface area (Å²) in [6, 6.07) is 12.5. The molecular weight excluding hydrogens is 450 g/mol. The number of imidazole rings is 1. The Kier molecular flexibility index (Phi) is 6.17. The van der Waals surface area contributed by atoms with Gasteiger partial charge in [0.2, 0.25) is 15.2 Å². The summed E-state index contributed by atoms with van der Waals surface area (Å²) >= 11 is 1.46. The molecule has 0 unspecified atom stereocenters. The number of tetrazole rings is 1. The molecule has 0 aliphatic rings. The number of ether oxygens (including phenoxy) is 1. The van der Waals surface area contributed by atoms with Crippen molar-refractivity contribution in [2.24, 2.45) is 0 Å². The van der Waals surface area contributed by atoms with Crippen LogP contribution in [-0.2, 0) is 22.3 Å². The molecule has 0 aliphatic heterocycles. The molecule has 4 rings (SSSR count). The molecule has 0 saturated heterocycles. The van der Waals surface area contributed by atoms with Crippen molar-refractivity contribution in [2.45, 2.75) is 29.3 Å². The number of hydrogen-bond donors (Lipinski definition) is 0. The van der Waals surface area contributed by atoms with Crippen LogP contribution in [0.3, 0.4) is 0 Å². The summed E-state index contributed by atoms with van der Waals surface area (Å²) in [7, 11) is 1.12. The second kappa shape index (κ2) is 8.88. The fourth-order valence-electron chi connectivity index (χ4n) is 3.28. The molecule has 12 heteroatoms. The van der Waals surface area contributed by atoms with Crippen LogP contribution in [0.5, 0.6) is 5.75 Å². The first-order valence-corrected chi connectivity index (χ1v) is 12.2. The summed E-state index contributed by atoms with van der Waals surface area (Å²) in [4.78, 5) is 4.93. The van der Waals surface area contributed by atoms with E-state index in [9.17, 15) is 8.42 Å². The van der Waals surface area contributed by atoms with Crippen LogP contribution in [-0.4, -0.2) is 63.7 Å². The standard InChI is InChI=1S/C20H23N7O3S2/c1-5-26-18-11-10-16(32(28,29)25(2)3)12-17(18)21-19(26)13-31-20-22-23-24-27(20)14-6-8-15(30-4)9-7-14/h6-12H,5,13H2,1-4H3. The van der Waals surface area contributed by atoms with Crippen molar-refractivity contribution in [1.29, 1.82) is 0 Å². The molecule has 0 aliphatic carbocycles. The fourth-order valence-corrected chi connectivity index (χ4v) is 5.04. The Bertz CT molecular complexity index is 1350. The van der Waals surface area contributed by atoms with E-state index in [1.165, 1.54) is 30.2 Å². The van der Waals surface area contributed by atoms with Crippen molar-refractivity contribution < 1.29 is 13.2 Å². The molecule has 32 heavy (non-hydrogen) atoms. The van der Waals surface area contributed by atoms with Crippen LogP contribution in [0.2, 0.25) is 0 Å². The number of rotatable bonds is 8. The van der Waals surface area contributed by atoms with Gasteiger partial charge >= 0.3 is 0 Å². The molecule has 10 nitrogen and oxygen atoms in total. The van der Waals surface area contributed by atoms with Gasteiger partial charge in [-0.3, -0.25) is 0 Å². The van der Waals surface area contributed by atoms with E-state index in [0.717, 1.165) is 22.8 Å². The predicted molar refractivity (Wildman–Crippen MR) is 122 cm³/mol. The third-order valence-corrected chi connectivity index (χ3v) is 7.71. The van der Waals surface area contributed by atoms with Gasteiger partial charge in [0.25, 0.3) is 0 Å². The zero-order valence-electron chi connectivity index (χ0n) is 18.1. The summed E-state index contributed by atoms with van der Waals surface area (Å²) in [6.07, 6.45) is 0. The Morgan fingerprint density at radius 3 is 2.53 bits per heavy atom. The highest BCUT2D eigenvalue weighted by molar-refractivity contribution is 7.98. The predicted octanol–water partition coefficient (Wildman–Crippen LogP) is 2.58. The van der Waals surface area contributed by atoms with Gasteiger partial charge in [-0.25, -0.2) is 17.7 Å². The van der Waals surface area contributed by atoms with E-state index in [1.807, 2.05) is 31.2 Å². The monoisotopic (exact) mass is 473 g/mol. The average molecular weight is 474 g/mol.